The third-order valence-corrected chi connectivity index (χ3v) is 6.03. The van der Waals surface area contributed by atoms with Crippen molar-refractivity contribution >= 4 is 29.3 Å². The molecule has 160 valence electrons. The van der Waals surface area contributed by atoms with Gasteiger partial charge in [0.05, 0.1) is 18.1 Å². The number of hydrogen-bond acceptors (Lipinski definition) is 5. The third kappa shape index (κ3) is 5.08. The van der Waals surface area contributed by atoms with Crippen LogP contribution in [-0.2, 0) is 11.3 Å². The molecule has 0 aliphatic carbocycles. The number of thioether (sulfide) groups is 1. The molecular formula is C22H27ClN4O2S. The molecule has 0 aliphatic heterocycles. The maximum Gasteiger partial charge on any atom is 0.236 e. The minimum atomic E-state index is -0.299. The standard InChI is InChI=1S/C22H27ClN4O2S/c1-14(2)27(15(3)4)21(28)16(5)30-22-25-24-20(17-8-10-18(23)11-9-17)26(22)13-19-7-6-12-29-19/h6-12,14-16H,13H2,1-5H3. The highest BCUT2D eigenvalue weighted by atomic mass is 35.5. The first-order valence-electron chi connectivity index (χ1n) is 9.98. The summed E-state index contributed by atoms with van der Waals surface area (Å²) in [7, 11) is 0. The molecule has 6 nitrogen and oxygen atoms in total. The summed E-state index contributed by atoms with van der Waals surface area (Å²) in [5, 5.41) is 9.84. The number of nitrogens with zero attached hydrogens (tertiary/aromatic N) is 4. The quantitative estimate of drug-likeness (QED) is 0.435. The van der Waals surface area contributed by atoms with Crippen molar-refractivity contribution in [3.05, 3.63) is 53.4 Å². The van der Waals surface area contributed by atoms with E-state index >= 15 is 0 Å². The van der Waals surface area contributed by atoms with Crippen LogP contribution in [0.2, 0.25) is 5.02 Å². The van der Waals surface area contributed by atoms with Gasteiger partial charge in [0.15, 0.2) is 11.0 Å². The Morgan fingerprint density at radius 2 is 1.77 bits per heavy atom. The van der Waals surface area contributed by atoms with E-state index in [4.69, 9.17) is 16.0 Å². The van der Waals surface area contributed by atoms with Crippen LogP contribution in [0.25, 0.3) is 11.4 Å². The Morgan fingerprint density at radius 3 is 2.33 bits per heavy atom. The number of carbonyl (C=O) groups excluding carboxylic acids is 1. The molecule has 3 rings (SSSR count). The molecule has 1 amide bonds. The Kier molecular flexibility index (Phi) is 7.26. The summed E-state index contributed by atoms with van der Waals surface area (Å²) in [6.07, 6.45) is 1.64. The molecule has 1 unspecified atom stereocenters. The van der Waals surface area contributed by atoms with Gasteiger partial charge in [-0.25, -0.2) is 0 Å². The van der Waals surface area contributed by atoms with Gasteiger partial charge in [-0.2, -0.15) is 0 Å². The second kappa shape index (κ2) is 9.71. The zero-order chi connectivity index (χ0) is 21.8. The first-order valence-corrected chi connectivity index (χ1v) is 11.2. The number of furan rings is 1. The van der Waals surface area contributed by atoms with Crippen molar-refractivity contribution in [3.8, 4) is 11.4 Å². The van der Waals surface area contributed by atoms with Crippen molar-refractivity contribution in [1.29, 1.82) is 0 Å². The molecule has 1 atom stereocenters. The average Bonchev–Trinajstić information content (AvgIpc) is 3.33. The topological polar surface area (TPSA) is 64.2 Å². The summed E-state index contributed by atoms with van der Waals surface area (Å²) in [4.78, 5) is 15.0. The minimum Gasteiger partial charge on any atom is -0.467 e. The molecule has 3 aromatic rings. The number of rotatable bonds is 8. The number of carbonyl (C=O) groups is 1. The predicted octanol–water partition coefficient (Wildman–Crippen LogP) is 5.37. The lowest BCUT2D eigenvalue weighted by Gasteiger charge is -2.32. The fraction of sp³-hybridized carbons (Fsp3) is 0.409. The van der Waals surface area contributed by atoms with Gasteiger partial charge in [0.2, 0.25) is 5.91 Å². The number of benzene rings is 1. The van der Waals surface area contributed by atoms with E-state index in [9.17, 15) is 4.79 Å². The largest absolute Gasteiger partial charge is 0.467 e. The van der Waals surface area contributed by atoms with E-state index in [1.165, 1.54) is 11.8 Å². The van der Waals surface area contributed by atoms with Crippen molar-refractivity contribution in [2.45, 2.75) is 63.7 Å². The first-order chi connectivity index (χ1) is 14.3. The Balaban J connectivity index is 1.92. The van der Waals surface area contributed by atoms with Crippen molar-refractivity contribution in [2.75, 3.05) is 0 Å². The van der Waals surface area contributed by atoms with Crippen LogP contribution in [-0.4, -0.2) is 42.9 Å². The molecule has 30 heavy (non-hydrogen) atoms. The van der Waals surface area contributed by atoms with Crippen molar-refractivity contribution < 1.29 is 9.21 Å². The molecule has 0 aliphatic rings. The highest BCUT2D eigenvalue weighted by molar-refractivity contribution is 8.00. The number of hydrogen-bond donors (Lipinski definition) is 0. The summed E-state index contributed by atoms with van der Waals surface area (Å²) in [6, 6.07) is 11.5. The maximum absolute atomic E-state index is 13.1. The summed E-state index contributed by atoms with van der Waals surface area (Å²) >= 11 is 7.45. The third-order valence-electron chi connectivity index (χ3n) is 4.71. The van der Waals surface area contributed by atoms with Crippen LogP contribution in [0.4, 0.5) is 0 Å². The van der Waals surface area contributed by atoms with Crippen LogP contribution < -0.4 is 0 Å². The molecule has 0 fully saturated rings. The van der Waals surface area contributed by atoms with Gasteiger partial charge in [0.1, 0.15) is 5.76 Å². The van der Waals surface area contributed by atoms with Crippen molar-refractivity contribution in [3.63, 3.8) is 0 Å². The van der Waals surface area contributed by atoms with Crippen LogP contribution in [0, 0.1) is 0 Å². The highest BCUT2D eigenvalue weighted by Crippen LogP contribution is 2.29. The van der Waals surface area contributed by atoms with Gasteiger partial charge in [0, 0.05) is 22.7 Å². The monoisotopic (exact) mass is 446 g/mol. The first kappa shape index (κ1) is 22.4. The highest BCUT2D eigenvalue weighted by Gasteiger charge is 2.28. The van der Waals surface area contributed by atoms with Crippen molar-refractivity contribution in [1.82, 2.24) is 19.7 Å². The van der Waals surface area contributed by atoms with Crippen molar-refractivity contribution in [2.24, 2.45) is 0 Å². The molecular weight excluding hydrogens is 420 g/mol. The Labute approximate surface area is 186 Å². The van der Waals surface area contributed by atoms with Gasteiger partial charge in [-0.3, -0.25) is 9.36 Å². The van der Waals surface area contributed by atoms with Crippen LogP contribution >= 0.6 is 23.4 Å². The Bertz CT molecular complexity index is 960. The summed E-state index contributed by atoms with van der Waals surface area (Å²) in [5.74, 6) is 1.58. The lowest BCUT2D eigenvalue weighted by molar-refractivity contribution is -0.133. The number of halogens is 1. The molecule has 2 aromatic heterocycles. The van der Waals surface area contributed by atoms with E-state index in [0.717, 1.165) is 11.3 Å². The van der Waals surface area contributed by atoms with E-state index in [0.29, 0.717) is 22.5 Å². The van der Waals surface area contributed by atoms with Crippen LogP contribution in [0.15, 0.2) is 52.2 Å². The predicted molar refractivity (Wildman–Crippen MR) is 121 cm³/mol. The number of amides is 1. The summed E-state index contributed by atoms with van der Waals surface area (Å²) in [6.45, 7) is 10.5. The number of aromatic nitrogens is 3. The summed E-state index contributed by atoms with van der Waals surface area (Å²) in [5.41, 5.74) is 0.898. The van der Waals surface area contributed by atoms with E-state index in [-0.39, 0.29) is 23.2 Å². The van der Waals surface area contributed by atoms with E-state index < -0.39 is 0 Å². The molecule has 0 N–H and O–H groups in total. The van der Waals surface area contributed by atoms with Gasteiger partial charge in [-0.05, 0) is 71.0 Å². The van der Waals surface area contributed by atoms with Gasteiger partial charge in [-0.15, -0.1) is 10.2 Å². The molecule has 1 aromatic carbocycles. The molecule has 8 heteroatoms. The molecule has 0 spiro atoms. The Hall–Kier alpha value is -2.25. The zero-order valence-corrected chi connectivity index (χ0v) is 19.4. The molecule has 0 radical (unpaired) electrons. The lowest BCUT2D eigenvalue weighted by atomic mass is 10.2. The summed E-state index contributed by atoms with van der Waals surface area (Å²) < 4.78 is 7.52. The van der Waals surface area contributed by atoms with E-state index in [1.54, 1.807) is 6.26 Å². The van der Waals surface area contributed by atoms with Gasteiger partial charge in [0.25, 0.3) is 0 Å². The van der Waals surface area contributed by atoms with Crippen LogP contribution in [0.1, 0.15) is 40.4 Å². The average molecular weight is 447 g/mol. The fourth-order valence-corrected chi connectivity index (χ4v) is 4.44. The molecule has 0 saturated heterocycles. The van der Waals surface area contributed by atoms with Gasteiger partial charge in [-0.1, -0.05) is 23.4 Å². The van der Waals surface area contributed by atoms with Crippen LogP contribution in [0.5, 0.6) is 0 Å². The maximum atomic E-state index is 13.1. The molecule has 0 saturated carbocycles. The minimum absolute atomic E-state index is 0.0885. The molecule has 2 heterocycles. The zero-order valence-electron chi connectivity index (χ0n) is 17.9. The Morgan fingerprint density at radius 1 is 1.10 bits per heavy atom. The van der Waals surface area contributed by atoms with E-state index in [1.807, 2.05) is 80.5 Å². The second-order valence-electron chi connectivity index (χ2n) is 7.67. The van der Waals surface area contributed by atoms with Gasteiger partial charge >= 0.3 is 0 Å². The normalized spacial score (nSPS) is 12.5. The van der Waals surface area contributed by atoms with Crippen LogP contribution in [0.3, 0.4) is 0 Å². The molecule has 0 bridgehead atoms. The second-order valence-corrected chi connectivity index (χ2v) is 9.42. The smallest absolute Gasteiger partial charge is 0.236 e. The SMILES string of the molecule is CC(Sc1nnc(-c2ccc(Cl)cc2)n1Cc1ccco1)C(=O)N(C(C)C)C(C)C. The van der Waals surface area contributed by atoms with E-state index in [2.05, 4.69) is 10.2 Å². The lowest BCUT2D eigenvalue weighted by Crippen LogP contribution is -2.45. The fourth-order valence-electron chi connectivity index (χ4n) is 3.41. The van der Waals surface area contributed by atoms with Gasteiger partial charge < -0.3 is 9.32 Å².